The number of rotatable bonds is 4. The summed E-state index contributed by atoms with van der Waals surface area (Å²) in [5.41, 5.74) is 4.32. The molecule has 0 aliphatic carbocycles. The predicted octanol–water partition coefficient (Wildman–Crippen LogP) is 7.55. The number of fused-ring (bicyclic) bond motifs is 1. The Labute approximate surface area is 206 Å². The van der Waals surface area contributed by atoms with Crippen LogP contribution in [0.1, 0.15) is 23.8 Å². The first-order valence-electron chi connectivity index (χ1n) is 10.8. The van der Waals surface area contributed by atoms with E-state index in [2.05, 4.69) is 0 Å². The smallest absolute Gasteiger partial charge is 0.247 e. The minimum absolute atomic E-state index is 0.179. The van der Waals surface area contributed by atoms with Crippen LogP contribution >= 0.6 is 23.2 Å². The molecule has 166 valence electrons. The van der Waals surface area contributed by atoms with E-state index in [1.54, 1.807) is 6.26 Å². The van der Waals surface area contributed by atoms with Gasteiger partial charge in [-0.2, -0.15) is 5.10 Å². The van der Waals surface area contributed by atoms with Crippen LogP contribution < -0.4 is 5.01 Å². The van der Waals surface area contributed by atoms with Crippen LogP contribution in [0.25, 0.3) is 22.2 Å². The van der Waals surface area contributed by atoms with E-state index < -0.39 is 0 Å². The van der Waals surface area contributed by atoms with Crippen LogP contribution in [-0.4, -0.2) is 15.7 Å². The lowest BCUT2D eigenvalue weighted by Crippen LogP contribution is -2.21. The highest BCUT2D eigenvalue weighted by Gasteiger charge is 2.34. The first-order valence-corrected chi connectivity index (χ1v) is 11.6. The largest absolute Gasteiger partial charge is 0.463 e. The van der Waals surface area contributed by atoms with Gasteiger partial charge in [-0.05, 0) is 42.0 Å². The summed E-state index contributed by atoms with van der Waals surface area (Å²) in [6.45, 7) is 0. The maximum Gasteiger partial charge on any atom is 0.247 e. The van der Waals surface area contributed by atoms with Crippen molar-refractivity contribution in [3.8, 4) is 11.3 Å². The Hall–Kier alpha value is -3.67. The molecular formula is C27H18Cl2N4O. The molecule has 7 heteroatoms. The molecule has 0 bridgehead atoms. The van der Waals surface area contributed by atoms with Crippen LogP contribution in [0.4, 0.5) is 5.95 Å². The molecule has 1 aliphatic heterocycles. The van der Waals surface area contributed by atoms with Crippen molar-refractivity contribution in [2.45, 2.75) is 12.5 Å². The third-order valence-electron chi connectivity index (χ3n) is 5.88. The fraction of sp³-hybridized carbons (Fsp3) is 0.0741. The molecule has 0 radical (unpaired) electrons. The van der Waals surface area contributed by atoms with E-state index in [-0.39, 0.29) is 6.04 Å². The SMILES string of the molecule is Clc1ccc2nc(N3N=C(c4ccco4)C[C@@H]3c3ccccc3Cl)nc(-c3ccccc3)c2c1. The van der Waals surface area contributed by atoms with Gasteiger partial charge >= 0.3 is 0 Å². The molecule has 5 nitrogen and oxygen atoms in total. The van der Waals surface area contributed by atoms with Gasteiger partial charge in [-0.1, -0.05) is 71.7 Å². The summed E-state index contributed by atoms with van der Waals surface area (Å²) in [7, 11) is 0. The van der Waals surface area contributed by atoms with Gasteiger partial charge in [0, 0.05) is 27.4 Å². The lowest BCUT2D eigenvalue weighted by molar-refractivity contribution is 0.556. The number of aromatic nitrogens is 2. The number of anilines is 1. The number of hydrogen-bond donors (Lipinski definition) is 0. The zero-order valence-corrected chi connectivity index (χ0v) is 19.4. The van der Waals surface area contributed by atoms with Crippen LogP contribution in [0, 0.1) is 0 Å². The lowest BCUT2D eigenvalue weighted by Gasteiger charge is -2.23. The minimum Gasteiger partial charge on any atom is -0.463 e. The highest BCUT2D eigenvalue weighted by atomic mass is 35.5. The van der Waals surface area contributed by atoms with Crippen LogP contribution in [0.3, 0.4) is 0 Å². The van der Waals surface area contributed by atoms with Crippen molar-refractivity contribution in [2.75, 3.05) is 5.01 Å². The van der Waals surface area contributed by atoms with Gasteiger partial charge in [0.25, 0.3) is 0 Å². The molecule has 6 rings (SSSR count). The Morgan fingerprint density at radius 2 is 1.68 bits per heavy atom. The lowest BCUT2D eigenvalue weighted by atomic mass is 10.0. The zero-order chi connectivity index (χ0) is 23.1. The maximum absolute atomic E-state index is 6.61. The average Bonchev–Trinajstić information content (AvgIpc) is 3.55. The molecule has 3 heterocycles. The van der Waals surface area contributed by atoms with E-state index in [1.807, 2.05) is 89.9 Å². The third kappa shape index (κ3) is 3.73. The number of nitrogens with zero attached hydrogens (tertiary/aromatic N) is 4. The normalized spacial score (nSPS) is 15.6. The van der Waals surface area contributed by atoms with Gasteiger partial charge < -0.3 is 4.42 Å². The molecule has 0 spiro atoms. The van der Waals surface area contributed by atoms with Gasteiger partial charge in [-0.15, -0.1) is 0 Å². The number of halogens is 2. The molecule has 0 N–H and O–H groups in total. The van der Waals surface area contributed by atoms with E-state index in [0.717, 1.165) is 39.2 Å². The highest BCUT2D eigenvalue weighted by Crippen LogP contribution is 2.40. The van der Waals surface area contributed by atoms with Crippen molar-refractivity contribution in [1.82, 2.24) is 9.97 Å². The van der Waals surface area contributed by atoms with Crippen molar-refractivity contribution in [3.05, 3.63) is 113 Å². The summed E-state index contributed by atoms with van der Waals surface area (Å²) in [5, 5.41) is 8.94. The fourth-order valence-electron chi connectivity index (χ4n) is 4.28. The van der Waals surface area contributed by atoms with E-state index >= 15 is 0 Å². The van der Waals surface area contributed by atoms with Gasteiger partial charge in [0.2, 0.25) is 5.95 Å². The van der Waals surface area contributed by atoms with Crippen molar-refractivity contribution in [3.63, 3.8) is 0 Å². The summed E-state index contributed by atoms with van der Waals surface area (Å²) in [6, 6.07) is 27.0. The number of hydrazone groups is 1. The van der Waals surface area contributed by atoms with Crippen LogP contribution in [0.2, 0.25) is 10.0 Å². The Kier molecular flexibility index (Phi) is 5.28. The molecule has 1 atom stereocenters. The molecule has 0 fully saturated rings. The predicted molar refractivity (Wildman–Crippen MR) is 137 cm³/mol. The summed E-state index contributed by atoms with van der Waals surface area (Å²) in [6.07, 6.45) is 2.26. The Balaban J connectivity index is 1.56. The molecule has 3 aromatic carbocycles. The van der Waals surface area contributed by atoms with E-state index in [9.17, 15) is 0 Å². The standard InChI is InChI=1S/C27H18Cl2N4O/c28-18-12-13-22-20(15-18)26(17-7-2-1-3-8-17)31-27(30-22)33-24(19-9-4-5-10-21(19)29)16-23(32-33)25-11-6-14-34-25/h1-15,24H,16H2/t24-/m1/s1. The molecule has 1 aliphatic rings. The molecular weight excluding hydrogens is 467 g/mol. The monoisotopic (exact) mass is 484 g/mol. The summed E-state index contributed by atoms with van der Waals surface area (Å²) in [4.78, 5) is 9.87. The second-order valence-electron chi connectivity index (χ2n) is 8.01. The minimum atomic E-state index is -0.179. The molecule has 0 saturated heterocycles. The Bertz CT molecular complexity index is 1520. The van der Waals surface area contributed by atoms with Crippen molar-refractivity contribution in [2.24, 2.45) is 5.10 Å². The summed E-state index contributed by atoms with van der Waals surface area (Å²) < 4.78 is 5.65. The first kappa shape index (κ1) is 20.9. The number of benzene rings is 3. The quantitative estimate of drug-likeness (QED) is 0.264. The number of furan rings is 1. The Morgan fingerprint density at radius 3 is 2.47 bits per heavy atom. The first-order chi connectivity index (χ1) is 16.7. The zero-order valence-electron chi connectivity index (χ0n) is 17.9. The molecule has 0 unspecified atom stereocenters. The Morgan fingerprint density at radius 1 is 0.853 bits per heavy atom. The van der Waals surface area contributed by atoms with Gasteiger partial charge in [-0.3, -0.25) is 0 Å². The topological polar surface area (TPSA) is 54.5 Å². The molecule has 0 amide bonds. The second-order valence-corrected chi connectivity index (χ2v) is 8.85. The fourth-order valence-corrected chi connectivity index (χ4v) is 4.71. The van der Waals surface area contributed by atoms with E-state index in [1.165, 1.54) is 0 Å². The van der Waals surface area contributed by atoms with Crippen LogP contribution in [0.5, 0.6) is 0 Å². The third-order valence-corrected chi connectivity index (χ3v) is 6.46. The highest BCUT2D eigenvalue weighted by molar-refractivity contribution is 6.31. The van der Waals surface area contributed by atoms with Crippen LogP contribution in [0.15, 0.2) is 101 Å². The summed E-state index contributed by atoms with van der Waals surface area (Å²) >= 11 is 12.9. The molecule has 5 aromatic rings. The van der Waals surface area contributed by atoms with Gasteiger partial charge in [0.05, 0.1) is 23.5 Å². The van der Waals surface area contributed by atoms with Crippen molar-refractivity contribution < 1.29 is 4.42 Å². The van der Waals surface area contributed by atoms with Crippen molar-refractivity contribution >= 4 is 45.8 Å². The number of hydrogen-bond acceptors (Lipinski definition) is 5. The van der Waals surface area contributed by atoms with E-state index in [4.69, 9.17) is 42.7 Å². The van der Waals surface area contributed by atoms with Gasteiger partial charge in [0.1, 0.15) is 11.5 Å². The van der Waals surface area contributed by atoms with Gasteiger partial charge in [0.15, 0.2) is 0 Å². The molecule has 2 aromatic heterocycles. The molecule has 34 heavy (non-hydrogen) atoms. The van der Waals surface area contributed by atoms with Crippen molar-refractivity contribution in [1.29, 1.82) is 0 Å². The maximum atomic E-state index is 6.61. The molecule has 0 saturated carbocycles. The average molecular weight is 485 g/mol. The second kappa shape index (κ2) is 8.60. The van der Waals surface area contributed by atoms with E-state index in [0.29, 0.717) is 22.4 Å². The van der Waals surface area contributed by atoms with Crippen LogP contribution in [-0.2, 0) is 0 Å². The van der Waals surface area contributed by atoms with Gasteiger partial charge in [-0.25, -0.2) is 15.0 Å². The summed E-state index contributed by atoms with van der Waals surface area (Å²) in [5.74, 6) is 1.20.